The first-order valence-corrected chi connectivity index (χ1v) is 8.11. The van der Waals surface area contributed by atoms with E-state index in [-0.39, 0.29) is 0 Å². The second-order valence-corrected chi connectivity index (χ2v) is 7.11. The Balaban J connectivity index is 1.99. The lowest BCUT2D eigenvalue weighted by atomic mass is 9.92. The van der Waals surface area contributed by atoms with Gasteiger partial charge in [0.05, 0.1) is 6.04 Å². The summed E-state index contributed by atoms with van der Waals surface area (Å²) < 4.78 is 0. The zero-order chi connectivity index (χ0) is 14.1. The molecule has 0 amide bonds. The zero-order valence-corrected chi connectivity index (χ0v) is 13.0. The standard InChI is InChI=1S/C17H22N2S/c1-12-9-14-5-3-4-6-15(14)19(11-12)16(10-18)17-8-7-13(2)20-17/h3-8,12,16H,9-11,18H2,1-2H3. The van der Waals surface area contributed by atoms with E-state index in [1.54, 1.807) is 0 Å². The lowest BCUT2D eigenvalue weighted by Gasteiger charge is -2.39. The Morgan fingerprint density at radius 3 is 2.80 bits per heavy atom. The molecule has 1 aromatic carbocycles. The predicted octanol–water partition coefficient (Wildman–Crippen LogP) is 3.76. The Morgan fingerprint density at radius 2 is 2.10 bits per heavy atom. The van der Waals surface area contributed by atoms with Crippen molar-refractivity contribution < 1.29 is 0 Å². The smallest absolute Gasteiger partial charge is 0.0757 e. The summed E-state index contributed by atoms with van der Waals surface area (Å²) in [5, 5.41) is 0. The van der Waals surface area contributed by atoms with Crippen molar-refractivity contribution in [2.75, 3.05) is 18.0 Å². The van der Waals surface area contributed by atoms with Crippen LogP contribution in [0.1, 0.15) is 28.3 Å². The van der Waals surface area contributed by atoms with E-state index in [2.05, 4.69) is 55.1 Å². The molecule has 0 saturated carbocycles. The Labute approximate surface area is 125 Å². The molecule has 1 aliphatic heterocycles. The van der Waals surface area contributed by atoms with E-state index >= 15 is 0 Å². The van der Waals surface area contributed by atoms with E-state index in [0.29, 0.717) is 18.5 Å². The Morgan fingerprint density at radius 1 is 1.30 bits per heavy atom. The average Bonchev–Trinajstić information content (AvgIpc) is 2.86. The van der Waals surface area contributed by atoms with Crippen LogP contribution in [0.5, 0.6) is 0 Å². The highest BCUT2D eigenvalue weighted by Gasteiger charge is 2.28. The van der Waals surface area contributed by atoms with Crippen LogP contribution in [0.3, 0.4) is 0 Å². The summed E-state index contributed by atoms with van der Waals surface area (Å²) in [4.78, 5) is 5.25. The average molecular weight is 286 g/mol. The molecule has 0 bridgehead atoms. The Bertz CT molecular complexity index is 590. The summed E-state index contributed by atoms with van der Waals surface area (Å²) in [6.45, 7) is 6.25. The molecule has 0 spiro atoms. The maximum atomic E-state index is 6.11. The summed E-state index contributed by atoms with van der Waals surface area (Å²) >= 11 is 1.87. The van der Waals surface area contributed by atoms with Crippen LogP contribution in [0.15, 0.2) is 36.4 Å². The fourth-order valence-electron chi connectivity index (χ4n) is 3.16. The first-order chi connectivity index (χ1) is 9.69. The Hall–Kier alpha value is -1.32. The van der Waals surface area contributed by atoms with Crippen molar-refractivity contribution in [3.63, 3.8) is 0 Å². The quantitative estimate of drug-likeness (QED) is 0.931. The van der Waals surface area contributed by atoms with Gasteiger partial charge in [0.15, 0.2) is 0 Å². The lowest BCUT2D eigenvalue weighted by Crippen LogP contribution is -2.40. The molecule has 2 N–H and O–H groups in total. The number of rotatable bonds is 3. The van der Waals surface area contributed by atoms with E-state index < -0.39 is 0 Å². The van der Waals surface area contributed by atoms with E-state index in [0.717, 1.165) is 6.54 Å². The minimum Gasteiger partial charge on any atom is -0.362 e. The molecule has 2 unspecified atom stereocenters. The Kier molecular flexibility index (Phi) is 3.81. The third kappa shape index (κ3) is 2.48. The third-order valence-electron chi connectivity index (χ3n) is 4.07. The van der Waals surface area contributed by atoms with Crippen LogP contribution in [0.25, 0.3) is 0 Å². The molecule has 1 aromatic heterocycles. The second-order valence-electron chi connectivity index (χ2n) is 5.79. The molecule has 3 heteroatoms. The van der Waals surface area contributed by atoms with Crippen LogP contribution in [-0.2, 0) is 6.42 Å². The number of nitrogens with zero attached hydrogens (tertiary/aromatic N) is 1. The molecule has 20 heavy (non-hydrogen) atoms. The van der Waals surface area contributed by atoms with Crippen LogP contribution in [0.4, 0.5) is 5.69 Å². The molecule has 2 nitrogen and oxygen atoms in total. The highest BCUT2D eigenvalue weighted by Crippen LogP contribution is 2.37. The topological polar surface area (TPSA) is 29.3 Å². The zero-order valence-electron chi connectivity index (χ0n) is 12.2. The maximum Gasteiger partial charge on any atom is 0.0757 e. The minimum absolute atomic E-state index is 0.303. The van der Waals surface area contributed by atoms with Gasteiger partial charge in [-0.05, 0) is 43.0 Å². The monoisotopic (exact) mass is 286 g/mol. The predicted molar refractivity (Wildman–Crippen MR) is 87.5 cm³/mol. The molecule has 2 heterocycles. The van der Waals surface area contributed by atoms with Gasteiger partial charge in [-0.25, -0.2) is 0 Å². The van der Waals surface area contributed by atoms with Crippen molar-refractivity contribution in [2.24, 2.45) is 11.7 Å². The summed E-state index contributed by atoms with van der Waals surface area (Å²) in [7, 11) is 0. The van der Waals surface area contributed by atoms with Gasteiger partial charge >= 0.3 is 0 Å². The van der Waals surface area contributed by atoms with Crippen molar-refractivity contribution in [1.29, 1.82) is 0 Å². The van der Waals surface area contributed by atoms with Crippen LogP contribution in [0.2, 0.25) is 0 Å². The minimum atomic E-state index is 0.303. The molecule has 0 saturated heterocycles. The van der Waals surface area contributed by atoms with E-state index in [9.17, 15) is 0 Å². The summed E-state index contributed by atoms with van der Waals surface area (Å²) in [5.74, 6) is 0.681. The van der Waals surface area contributed by atoms with Gasteiger partial charge in [-0.15, -0.1) is 11.3 Å². The number of para-hydroxylation sites is 1. The molecule has 0 radical (unpaired) electrons. The van der Waals surface area contributed by atoms with Crippen molar-refractivity contribution in [3.8, 4) is 0 Å². The van der Waals surface area contributed by atoms with Gasteiger partial charge < -0.3 is 10.6 Å². The highest BCUT2D eigenvalue weighted by atomic mass is 32.1. The number of hydrogen-bond donors (Lipinski definition) is 1. The summed E-state index contributed by atoms with van der Waals surface area (Å²) in [5.41, 5.74) is 8.94. The number of benzene rings is 1. The van der Waals surface area contributed by atoms with Gasteiger partial charge in [-0.3, -0.25) is 0 Å². The fourth-order valence-corrected chi connectivity index (χ4v) is 4.17. The van der Waals surface area contributed by atoms with Crippen LogP contribution < -0.4 is 10.6 Å². The van der Waals surface area contributed by atoms with Crippen LogP contribution in [-0.4, -0.2) is 13.1 Å². The van der Waals surface area contributed by atoms with E-state index in [1.807, 2.05) is 11.3 Å². The van der Waals surface area contributed by atoms with Gasteiger partial charge in [-0.1, -0.05) is 25.1 Å². The van der Waals surface area contributed by atoms with Gasteiger partial charge in [0, 0.05) is 28.5 Å². The van der Waals surface area contributed by atoms with Crippen molar-refractivity contribution >= 4 is 17.0 Å². The number of thiophene rings is 1. The number of nitrogens with two attached hydrogens (primary N) is 1. The molecule has 0 fully saturated rings. The highest BCUT2D eigenvalue weighted by molar-refractivity contribution is 7.12. The van der Waals surface area contributed by atoms with Gasteiger partial charge in [-0.2, -0.15) is 0 Å². The molecule has 3 rings (SSSR count). The fraction of sp³-hybridized carbons (Fsp3) is 0.412. The SMILES string of the molecule is Cc1ccc(C(CN)N2CC(C)Cc3ccccc32)s1. The maximum absolute atomic E-state index is 6.11. The number of fused-ring (bicyclic) bond motifs is 1. The van der Waals surface area contributed by atoms with Crippen molar-refractivity contribution in [2.45, 2.75) is 26.3 Å². The molecule has 2 aromatic rings. The number of aryl methyl sites for hydroxylation is 1. The molecule has 1 aliphatic rings. The molecular weight excluding hydrogens is 264 g/mol. The van der Waals surface area contributed by atoms with E-state index in [4.69, 9.17) is 5.73 Å². The third-order valence-corrected chi connectivity index (χ3v) is 5.17. The molecule has 106 valence electrons. The van der Waals surface area contributed by atoms with Crippen molar-refractivity contribution in [3.05, 3.63) is 51.7 Å². The summed E-state index contributed by atoms with van der Waals surface area (Å²) in [6.07, 6.45) is 1.17. The lowest BCUT2D eigenvalue weighted by molar-refractivity contribution is 0.493. The van der Waals surface area contributed by atoms with Gasteiger partial charge in [0.25, 0.3) is 0 Å². The molecular formula is C17H22N2S. The van der Waals surface area contributed by atoms with E-state index in [1.165, 1.54) is 27.4 Å². The first kappa shape index (κ1) is 13.7. The largest absolute Gasteiger partial charge is 0.362 e. The van der Waals surface area contributed by atoms with Crippen LogP contribution in [0, 0.1) is 12.8 Å². The van der Waals surface area contributed by atoms with Crippen molar-refractivity contribution in [1.82, 2.24) is 0 Å². The van der Waals surface area contributed by atoms with Gasteiger partial charge in [0.1, 0.15) is 0 Å². The number of hydrogen-bond acceptors (Lipinski definition) is 3. The molecule has 0 aliphatic carbocycles. The normalized spacial score (nSPS) is 19.8. The van der Waals surface area contributed by atoms with Gasteiger partial charge in [0.2, 0.25) is 0 Å². The molecule has 2 atom stereocenters. The second kappa shape index (κ2) is 5.58. The summed E-state index contributed by atoms with van der Waals surface area (Å²) in [6, 6.07) is 13.5. The number of anilines is 1. The van der Waals surface area contributed by atoms with Crippen LogP contribution >= 0.6 is 11.3 Å². The first-order valence-electron chi connectivity index (χ1n) is 7.30.